The molecule has 0 aromatic carbocycles. The maximum atomic E-state index is 11.4. The second-order valence-electron chi connectivity index (χ2n) is 5.39. The Morgan fingerprint density at radius 3 is 2.79 bits per heavy atom. The minimum absolute atomic E-state index is 0.0227. The number of rotatable bonds is 0. The molecule has 1 heterocycles. The fourth-order valence-corrected chi connectivity index (χ4v) is 2.84. The standard InChI is InChI=1S/C12H18O2/c1-7-5-12(3,4)6-9-8(2)11(13)14-10(7)9/h5,8-10H,6H2,1-4H3. The Morgan fingerprint density at radius 2 is 2.14 bits per heavy atom. The van der Waals surface area contributed by atoms with Crippen LogP contribution in [0.15, 0.2) is 11.6 Å². The van der Waals surface area contributed by atoms with Crippen LogP contribution in [0.25, 0.3) is 0 Å². The van der Waals surface area contributed by atoms with E-state index in [1.807, 2.05) is 6.92 Å². The van der Waals surface area contributed by atoms with Gasteiger partial charge in [-0.2, -0.15) is 0 Å². The highest BCUT2D eigenvalue weighted by Gasteiger charge is 2.46. The van der Waals surface area contributed by atoms with Crippen LogP contribution in [-0.4, -0.2) is 12.1 Å². The number of hydrogen-bond acceptors (Lipinski definition) is 2. The molecule has 0 N–H and O–H groups in total. The van der Waals surface area contributed by atoms with Crippen LogP contribution in [0.3, 0.4) is 0 Å². The third-order valence-corrected chi connectivity index (χ3v) is 3.47. The minimum atomic E-state index is -0.0227. The fourth-order valence-electron chi connectivity index (χ4n) is 2.84. The van der Waals surface area contributed by atoms with E-state index in [4.69, 9.17) is 4.74 Å². The molecule has 0 saturated carbocycles. The topological polar surface area (TPSA) is 26.3 Å². The van der Waals surface area contributed by atoms with Crippen LogP contribution in [0.4, 0.5) is 0 Å². The van der Waals surface area contributed by atoms with Crippen molar-refractivity contribution in [1.29, 1.82) is 0 Å². The number of hydrogen-bond donors (Lipinski definition) is 0. The van der Waals surface area contributed by atoms with Crippen molar-refractivity contribution < 1.29 is 9.53 Å². The average molecular weight is 194 g/mol. The lowest BCUT2D eigenvalue weighted by molar-refractivity contribution is -0.142. The summed E-state index contributed by atoms with van der Waals surface area (Å²) < 4.78 is 5.38. The van der Waals surface area contributed by atoms with Crippen molar-refractivity contribution in [2.45, 2.75) is 40.2 Å². The summed E-state index contributed by atoms with van der Waals surface area (Å²) >= 11 is 0. The van der Waals surface area contributed by atoms with E-state index in [-0.39, 0.29) is 23.4 Å². The van der Waals surface area contributed by atoms with E-state index in [0.717, 1.165) is 6.42 Å². The van der Waals surface area contributed by atoms with Gasteiger partial charge in [-0.15, -0.1) is 0 Å². The van der Waals surface area contributed by atoms with Gasteiger partial charge in [-0.05, 0) is 24.3 Å². The number of esters is 1. The summed E-state index contributed by atoms with van der Waals surface area (Å²) in [6.45, 7) is 8.51. The van der Waals surface area contributed by atoms with E-state index in [1.165, 1.54) is 5.57 Å². The van der Waals surface area contributed by atoms with Crippen molar-refractivity contribution in [1.82, 2.24) is 0 Å². The molecule has 1 fully saturated rings. The van der Waals surface area contributed by atoms with Crippen molar-refractivity contribution in [3.63, 3.8) is 0 Å². The van der Waals surface area contributed by atoms with Crippen molar-refractivity contribution >= 4 is 5.97 Å². The fraction of sp³-hybridized carbons (Fsp3) is 0.750. The highest BCUT2D eigenvalue weighted by Crippen LogP contribution is 2.45. The predicted molar refractivity (Wildman–Crippen MR) is 54.7 cm³/mol. The smallest absolute Gasteiger partial charge is 0.309 e. The molecular weight excluding hydrogens is 176 g/mol. The quantitative estimate of drug-likeness (QED) is 0.437. The summed E-state index contributed by atoms with van der Waals surface area (Å²) in [5, 5.41) is 0. The Bertz CT molecular complexity index is 301. The van der Waals surface area contributed by atoms with Crippen LogP contribution < -0.4 is 0 Å². The summed E-state index contributed by atoms with van der Waals surface area (Å²) in [7, 11) is 0. The van der Waals surface area contributed by atoms with Gasteiger partial charge in [0.25, 0.3) is 0 Å². The predicted octanol–water partition coefficient (Wildman–Crippen LogP) is 2.54. The second-order valence-corrected chi connectivity index (χ2v) is 5.39. The van der Waals surface area contributed by atoms with Crippen molar-refractivity contribution in [2.24, 2.45) is 17.3 Å². The highest BCUT2D eigenvalue weighted by atomic mass is 16.6. The molecule has 1 aliphatic heterocycles. The monoisotopic (exact) mass is 194 g/mol. The van der Waals surface area contributed by atoms with Gasteiger partial charge in [-0.25, -0.2) is 0 Å². The average Bonchev–Trinajstić information content (AvgIpc) is 2.30. The Kier molecular flexibility index (Phi) is 1.98. The molecule has 1 saturated heterocycles. The summed E-state index contributed by atoms with van der Waals surface area (Å²) in [6, 6.07) is 0. The summed E-state index contributed by atoms with van der Waals surface area (Å²) in [6.07, 6.45) is 3.37. The number of carbonyl (C=O) groups excluding carboxylic acids is 1. The first-order chi connectivity index (χ1) is 6.41. The van der Waals surface area contributed by atoms with E-state index in [1.54, 1.807) is 0 Å². The molecule has 0 spiro atoms. The second kappa shape index (κ2) is 2.85. The number of fused-ring (bicyclic) bond motifs is 1. The van der Waals surface area contributed by atoms with Gasteiger partial charge in [0.15, 0.2) is 0 Å². The van der Waals surface area contributed by atoms with Crippen LogP contribution in [0.2, 0.25) is 0 Å². The zero-order valence-corrected chi connectivity index (χ0v) is 9.33. The molecule has 3 atom stereocenters. The van der Waals surface area contributed by atoms with E-state index >= 15 is 0 Å². The molecule has 0 radical (unpaired) electrons. The first-order valence-corrected chi connectivity index (χ1v) is 5.30. The number of carbonyl (C=O) groups is 1. The molecule has 2 nitrogen and oxygen atoms in total. The molecule has 3 unspecified atom stereocenters. The Hall–Kier alpha value is -0.790. The van der Waals surface area contributed by atoms with E-state index in [2.05, 4.69) is 26.8 Å². The van der Waals surface area contributed by atoms with Crippen molar-refractivity contribution in [2.75, 3.05) is 0 Å². The van der Waals surface area contributed by atoms with Crippen LogP contribution in [0.1, 0.15) is 34.1 Å². The first-order valence-electron chi connectivity index (χ1n) is 5.30. The minimum Gasteiger partial charge on any atom is -0.457 e. The molecule has 1 aliphatic carbocycles. The Balaban J connectivity index is 2.33. The third kappa shape index (κ3) is 1.37. The normalized spacial score (nSPS) is 40.1. The molecule has 0 bridgehead atoms. The van der Waals surface area contributed by atoms with Gasteiger partial charge >= 0.3 is 5.97 Å². The van der Waals surface area contributed by atoms with Crippen LogP contribution in [0.5, 0.6) is 0 Å². The van der Waals surface area contributed by atoms with Gasteiger partial charge < -0.3 is 4.74 Å². The van der Waals surface area contributed by atoms with Gasteiger partial charge in [-0.1, -0.05) is 26.8 Å². The van der Waals surface area contributed by atoms with Gasteiger partial charge in [0.2, 0.25) is 0 Å². The maximum absolute atomic E-state index is 11.4. The van der Waals surface area contributed by atoms with Crippen LogP contribution >= 0.6 is 0 Å². The Morgan fingerprint density at radius 1 is 1.50 bits per heavy atom. The lowest BCUT2D eigenvalue weighted by Crippen LogP contribution is -2.31. The molecule has 2 aliphatic rings. The SMILES string of the molecule is CC1=CC(C)(C)CC2C(C)C(=O)OC12. The maximum Gasteiger partial charge on any atom is 0.309 e. The summed E-state index contributed by atoms with van der Waals surface area (Å²) in [5.41, 5.74) is 1.44. The molecule has 2 rings (SSSR count). The third-order valence-electron chi connectivity index (χ3n) is 3.47. The molecule has 14 heavy (non-hydrogen) atoms. The van der Waals surface area contributed by atoms with Gasteiger partial charge in [0.1, 0.15) is 6.10 Å². The van der Waals surface area contributed by atoms with Gasteiger partial charge in [0.05, 0.1) is 5.92 Å². The zero-order valence-electron chi connectivity index (χ0n) is 9.33. The van der Waals surface area contributed by atoms with E-state index < -0.39 is 0 Å². The molecule has 2 heteroatoms. The van der Waals surface area contributed by atoms with Crippen molar-refractivity contribution in [3.05, 3.63) is 11.6 Å². The summed E-state index contributed by atoms with van der Waals surface area (Å²) in [5.74, 6) is 0.441. The van der Waals surface area contributed by atoms with E-state index in [9.17, 15) is 4.79 Å². The largest absolute Gasteiger partial charge is 0.457 e. The highest BCUT2D eigenvalue weighted by molar-refractivity contribution is 5.75. The molecule has 78 valence electrons. The Labute approximate surface area is 85.3 Å². The molecule has 0 aromatic rings. The number of ether oxygens (including phenoxy) is 1. The van der Waals surface area contributed by atoms with Gasteiger partial charge in [-0.3, -0.25) is 4.79 Å². The van der Waals surface area contributed by atoms with Crippen LogP contribution in [-0.2, 0) is 9.53 Å². The molecule has 0 amide bonds. The summed E-state index contributed by atoms with van der Waals surface area (Å²) in [4.78, 5) is 11.4. The van der Waals surface area contributed by atoms with E-state index in [0.29, 0.717) is 5.92 Å². The van der Waals surface area contributed by atoms with Gasteiger partial charge in [0, 0.05) is 5.92 Å². The lowest BCUT2D eigenvalue weighted by Gasteiger charge is -2.34. The molecule has 0 aromatic heterocycles. The van der Waals surface area contributed by atoms with Crippen LogP contribution in [0, 0.1) is 17.3 Å². The number of allylic oxidation sites excluding steroid dienone is 1. The van der Waals surface area contributed by atoms with Crippen molar-refractivity contribution in [3.8, 4) is 0 Å². The first kappa shape index (κ1) is 9.75. The lowest BCUT2D eigenvalue weighted by atomic mass is 9.70. The molecular formula is C12H18O2. The zero-order chi connectivity index (χ0) is 10.5.